The maximum absolute atomic E-state index is 13.2. The molecule has 2 heterocycles. The molecule has 1 aliphatic rings. The van der Waals surface area contributed by atoms with Gasteiger partial charge in [0.2, 0.25) is 5.75 Å². The van der Waals surface area contributed by atoms with Crippen LogP contribution in [0.1, 0.15) is 70.3 Å². The van der Waals surface area contributed by atoms with Crippen molar-refractivity contribution in [2.45, 2.75) is 78.0 Å². The number of hydrogen-bond acceptors (Lipinski definition) is 8. The molecule has 1 aliphatic heterocycles. The lowest BCUT2D eigenvalue weighted by atomic mass is 9.86. The van der Waals surface area contributed by atoms with Crippen LogP contribution in [-0.2, 0) is 14.3 Å². The molecule has 9 nitrogen and oxygen atoms in total. The molecule has 9 heteroatoms. The number of pyridine rings is 1. The molecule has 0 saturated carbocycles. The van der Waals surface area contributed by atoms with Gasteiger partial charge in [-0.15, -0.1) is 0 Å². The van der Waals surface area contributed by atoms with Crippen LogP contribution in [0.2, 0.25) is 0 Å². The lowest BCUT2D eigenvalue weighted by molar-refractivity contribution is -0.154. The van der Waals surface area contributed by atoms with Crippen molar-refractivity contribution in [2.75, 3.05) is 7.11 Å². The van der Waals surface area contributed by atoms with Gasteiger partial charge in [-0.3, -0.25) is 9.59 Å². The molecule has 0 bridgehead atoms. The number of esters is 2. The minimum Gasteiger partial charge on any atom is -0.493 e. The lowest BCUT2D eigenvalue weighted by Gasteiger charge is -2.32. The molecule has 1 amide bonds. The number of carbonyl (C=O) groups excluding carboxylic acids is 3. The van der Waals surface area contributed by atoms with E-state index in [4.69, 9.17) is 18.9 Å². The first-order chi connectivity index (χ1) is 18.2. The fraction of sp³-hybridized carbons (Fsp3) is 0.517. The standard InChI is InChI=1S/C29H38N2O7/c1-18(2)14-15-22-19(3)36-29(34)23(12-9-13-24(22)38-21-10-7-6-8-11-21)31-28(33)26-27(37-20(4)32)25(35-5)16-17-30-26/h6-8,10-11,16-19,22-24H,9,12-15H2,1-5H3,(H,31,33)/t19-,22-,23-,24-/m0/s1. The smallest absolute Gasteiger partial charge is 0.328 e. The summed E-state index contributed by atoms with van der Waals surface area (Å²) in [6.07, 6.45) is 4.31. The van der Waals surface area contributed by atoms with Crippen molar-refractivity contribution < 1.29 is 33.3 Å². The zero-order chi connectivity index (χ0) is 27.7. The molecule has 3 rings (SSSR count). The Bertz CT molecular complexity index is 1090. The minimum absolute atomic E-state index is 0.00775. The molecule has 0 spiro atoms. The van der Waals surface area contributed by atoms with E-state index in [9.17, 15) is 14.4 Å². The SMILES string of the molecule is COc1ccnc(C(=O)N[C@H]2CCC[C@H](Oc3ccccc3)[C@@H](CCC(C)C)[C@H](C)OC2=O)c1OC(C)=O. The Hall–Kier alpha value is -3.62. The predicted molar refractivity (Wildman–Crippen MR) is 141 cm³/mol. The van der Waals surface area contributed by atoms with Gasteiger partial charge in [0.1, 0.15) is 24.0 Å². The van der Waals surface area contributed by atoms with E-state index in [0.29, 0.717) is 25.2 Å². The van der Waals surface area contributed by atoms with Crippen molar-refractivity contribution in [3.63, 3.8) is 0 Å². The van der Waals surface area contributed by atoms with Gasteiger partial charge in [0, 0.05) is 25.1 Å². The average molecular weight is 527 g/mol. The molecule has 1 N–H and O–H groups in total. The van der Waals surface area contributed by atoms with Crippen molar-refractivity contribution in [3.8, 4) is 17.2 Å². The Morgan fingerprint density at radius 3 is 2.55 bits per heavy atom. The largest absolute Gasteiger partial charge is 0.493 e. The third-order valence-corrected chi connectivity index (χ3v) is 6.61. The average Bonchev–Trinajstić information content (AvgIpc) is 2.92. The van der Waals surface area contributed by atoms with Gasteiger partial charge in [0.25, 0.3) is 5.91 Å². The Labute approximate surface area is 224 Å². The molecule has 2 aromatic rings. The van der Waals surface area contributed by atoms with E-state index in [1.807, 2.05) is 37.3 Å². The second kappa shape index (κ2) is 13.8. The van der Waals surface area contributed by atoms with E-state index >= 15 is 0 Å². The van der Waals surface area contributed by atoms with Crippen LogP contribution in [0.3, 0.4) is 0 Å². The number of ether oxygens (including phenoxy) is 4. The van der Waals surface area contributed by atoms with Crippen molar-refractivity contribution in [3.05, 3.63) is 48.3 Å². The number of rotatable bonds is 9. The number of benzene rings is 1. The number of nitrogens with zero attached hydrogens (tertiary/aromatic N) is 1. The monoisotopic (exact) mass is 526 g/mol. The normalized spacial score (nSPS) is 21.9. The Morgan fingerprint density at radius 1 is 1.16 bits per heavy atom. The summed E-state index contributed by atoms with van der Waals surface area (Å²) in [5.74, 6) is -0.465. The third-order valence-electron chi connectivity index (χ3n) is 6.61. The summed E-state index contributed by atoms with van der Waals surface area (Å²) in [6.45, 7) is 7.44. The molecule has 38 heavy (non-hydrogen) atoms. The first kappa shape index (κ1) is 28.9. The van der Waals surface area contributed by atoms with Gasteiger partial charge < -0.3 is 24.3 Å². The van der Waals surface area contributed by atoms with Crippen LogP contribution in [0.15, 0.2) is 42.6 Å². The number of hydrogen-bond donors (Lipinski definition) is 1. The van der Waals surface area contributed by atoms with Crippen LogP contribution < -0.4 is 19.5 Å². The third kappa shape index (κ3) is 7.94. The summed E-state index contributed by atoms with van der Waals surface area (Å²) >= 11 is 0. The number of para-hydroxylation sites is 1. The number of cyclic esters (lactones) is 1. The van der Waals surface area contributed by atoms with Gasteiger partial charge in [-0.1, -0.05) is 38.5 Å². The molecule has 0 aliphatic carbocycles. The number of methoxy groups -OCH3 is 1. The molecule has 1 aromatic carbocycles. The summed E-state index contributed by atoms with van der Waals surface area (Å²) in [5.41, 5.74) is -0.152. The van der Waals surface area contributed by atoms with Crippen LogP contribution >= 0.6 is 0 Å². The summed E-state index contributed by atoms with van der Waals surface area (Å²) < 4.78 is 22.7. The fourth-order valence-corrected chi connectivity index (χ4v) is 4.63. The van der Waals surface area contributed by atoms with E-state index in [1.165, 1.54) is 26.3 Å². The molecule has 206 valence electrons. The van der Waals surface area contributed by atoms with Gasteiger partial charge >= 0.3 is 11.9 Å². The Balaban J connectivity index is 1.81. The van der Waals surface area contributed by atoms with E-state index in [2.05, 4.69) is 24.1 Å². The van der Waals surface area contributed by atoms with Crippen molar-refractivity contribution in [1.82, 2.24) is 10.3 Å². The van der Waals surface area contributed by atoms with Gasteiger partial charge in [-0.2, -0.15) is 0 Å². The maximum atomic E-state index is 13.2. The first-order valence-electron chi connectivity index (χ1n) is 13.1. The minimum atomic E-state index is -0.899. The van der Waals surface area contributed by atoms with Crippen LogP contribution in [0.4, 0.5) is 0 Å². The van der Waals surface area contributed by atoms with Gasteiger partial charge in [-0.05, 0) is 50.7 Å². The van der Waals surface area contributed by atoms with Gasteiger partial charge in [0.05, 0.1) is 7.11 Å². The van der Waals surface area contributed by atoms with Crippen LogP contribution in [0.25, 0.3) is 0 Å². The molecule has 1 fully saturated rings. The second-order valence-corrected chi connectivity index (χ2v) is 9.99. The van der Waals surface area contributed by atoms with E-state index in [-0.39, 0.29) is 29.2 Å². The highest BCUT2D eigenvalue weighted by Crippen LogP contribution is 2.32. The quantitative estimate of drug-likeness (QED) is 0.467. The van der Waals surface area contributed by atoms with E-state index in [1.54, 1.807) is 0 Å². The lowest BCUT2D eigenvalue weighted by Crippen LogP contribution is -2.44. The molecular formula is C29H38N2O7. The number of nitrogens with one attached hydrogen (secondary N) is 1. The highest BCUT2D eigenvalue weighted by atomic mass is 16.6. The number of aromatic nitrogens is 1. The zero-order valence-electron chi connectivity index (χ0n) is 22.8. The highest BCUT2D eigenvalue weighted by molar-refractivity contribution is 5.98. The van der Waals surface area contributed by atoms with Crippen molar-refractivity contribution in [2.24, 2.45) is 11.8 Å². The Kier molecular flexibility index (Phi) is 10.5. The molecule has 1 aromatic heterocycles. The molecule has 1 saturated heterocycles. The zero-order valence-corrected chi connectivity index (χ0v) is 22.8. The fourth-order valence-electron chi connectivity index (χ4n) is 4.63. The second-order valence-electron chi connectivity index (χ2n) is 9.99. The summed E-state index contributed by atoms with van der Waals surface area (Å²) in [7, 11) is 1.39. The van der Waals surface area contributed by atoms with Crippen LogP contribution in [0, 0.1) is 11.8 Å². The summed E-state index contributed by atoms with van der Waals surface area (Å²) in [4.78, 5) is 42.1. The van der Waals surface area contributed by atoms with Crippen molar-refractivity contribution >= 4 is 17.8 Å². The molecular weight excluding hydrogens is 488 g/mol. The number of amides is 1. The van der Waals surface area contributed by atoms with Gasteiger partial charge in [0.15, 0.2) is 11.4 Å². The Morgan fingerprint density at radius 2 is 1.89 bits per heavy atom. The van der Waals surface area contributed by atoms with Crippen molar-refractivity contribution in [1.29, 1.82) is 0 Å². The number of carbonyl (C=O) groups is 3. The maximum Gasteiger partial charge on any atom is 0.328 e. The van der Waals surface area contributed by atoms with Crippen LogP contribution in [0.5, 0.6) is 17.2 Å². The molecule has 0 unspecified atom stereocenters. The predicted octanol–water partition coefficient (Wildman–Crippen LogP) is 4.73. The van der Waals surface area contributed by atoms with Crippen LogP contribution in [-0.4, -0.2) is 48.2 Å². The topological polar surface area (TPSA) is 113 Å². The highest BCUT2D eigenvalue weighted by Gasteiger charge is 2.36. The van der Waals surface area contributed by atoms with E-state index in [0.717, 1.165) is 18.6 Å². The summed E-state index contributed by atoms with van der Waals surface area (Å²) in [5, 5.41) is 2.73. The molecule has 0 radical (unpaired) electrons. The van der Waals surface area contributed by atoms with E-state index < -0.39 is 30.0 Å². The van der Waals surface area contributed by atoms with Gasteiger partial charge in [-0.25, -0.2) is 9.78 Å². The molecule has 4 atom stereocenters. The first-order valence-corrected chi connectivity index (χ1v) is 13.1. The summed E-state index contributed by atoms with van der Waals surface area (Å²) in [6, 6.07) is 10.2.